The summed E-state index contributed by atoms with van der Waals surface area (Å²) in [5.41, 5.74) is 4.33. The molecule has 2 heteroatoms. The summed E-state index contributed by atoms with van der Waals surface area (Å²) in [6, 6.07) is 6.73. The Morgan fingerprint density at radius 3 is 2.54 bits per heavy atom. The lowest BCUT2D eigenvalue weighted by atomic mass is 9.52. The van der Waals surface area contributed by atoms with Gasteiger partial charge in [-0.25, -0.2) is 0 Å². The smallest absolute Gasteiger partial charge is 0.125 e. The van der Waals surface area contributed by atoms with Crippen molar-refractivity contribution >= 4 is 0 Å². The van der Waals surface area contributed by atoms with Gasteiger partial charge in [0.25, 0.3) is 0 Å². The predicted molar refractivity (Wildman–Crippen MR) is 116 cm³/mol. The van der Waals surface area contributed by atoms with Crippen LogP contribution in [-0.2, 0) is 4.74 Å². The summed E-state index contributed by atoms with van der Waals surface area (Å²) in [6.07, 6.45) is 5.91. The van der Waals surface area contributed by atoms with Crippen LogP contribution < -0.4 is 4.74 Å². The lowest BCUT2D eigenvalue weighted by molar-refractivity contribution is -0.0942. The Bertz CT molecular complexity index is 762. The average molecular weight is 383 g/mol. The van der Waals surface area contributed by atoms with Gasteiger partial charge in [0.05, 0.1) is 6.10 Å². The van der Waals surface area contributed by atoms with Gasteiger partial charge < -0.3 is 9.47 Å². The van der Waals surface area contributed by atoms with Crippen LogP contribution in [0.4, 0.5) is 0 Å². The lowest BCUT2D eigenvalue weighted by Crippen LogP contribution is -2.49. The van der Waals surface area contributed by atoms with Crippen molar-refractivity contribution in [3.05, 3.63) is 41.5 Å². The van der Waals surface area contributed by atoms with Crippen molar-refractivity contribution in [3.8, 4) is 5.75 Å². The summed E-state index contributed by atoms with van der Waals surface area (Å²) in [7, 11) is 1.87. The number of hydrogen-bond acceptors (Lipinski definition) is 2. The molecule has 3 aliphatic rings. The molecule has 0 bridgehead atoms. The summed E-state index contributed by atoms with van der Waals surface area (Å²) in [5, 5.41) is 0. The van der Waals surface area contributed by atoms with Gasteiger partial charge in [-0.15, -0.1) is 0 Å². The molecule has 2 saturated carbocycles. The van der Waals surface area contributed by atoms with Gasteiger partial charge in [-0.1, -0.05) is 45.9 Å². The molecule has 1 aromatic rings. The van der Waals surface area contributed by atoms with Crippen LogP contribution in [0, 0.1) is 23.2 Å². The summed E-state index contributed by atoms with van der Waals surface area (Å²) in [5.74, 6) is 3.34. The van der Waals surface area contributed by atoms with E-state index in [-0.39, 0.29) is 11.7 Å². The summed E-state index contributed by atoms with van der Waals surface area (Å²) in [6.45, 7) is 16.2. The highest BCUT2D eigenvalue weighted by Crippen LogP contribution is 2.59. The molecule has 1 heterocycles. The Kier molecular flexibility index (Phi) is 4.93. The molecule has 0 saturated heterocycles. The molecule has 4 rings (SSSR count). The molecule has 154 valence electrons. The average Bonchev–Trinajstić information content (AvgIpc) is 2.66. The second kappa shape index (κ2) is 6.90. The highest BCUT2D eigenvalue weighted by Gasteiger charge is 2.53. The maximum absolute atomic E-state index is 6.78. The van der Waals surface area contributed by atoms with Crippen molar-refractivity contribution in [2.45, 2.75) is 84.3 Å². The van der Waals surface area contributed by atoms with E-state index in [1.165, 1.54) is 29.5 Å². The zero-order valence-electron chi connectivity index (χ0n) is 18.7. The minimum Gasteiger partial charge on any atom is -0.487 e. The molecule has 1 aromatic carbocycles. The van der Waals surface area contributed by atoms with E-state index in [4.69, 9.17) is 9.47 Å². The fraction of sp³-hybridized carbons (Fsp3) is 0.692. The fourth-order valence-electron chi connectivity index (χ4n) is 6.32. The van der Waals surface area contributed by atoms with Gasteiger partial charge >= 0.3 is 0 Å². The number of methoxy groups -OCH3 is 1. The largest absolute Gasteiger partial charge is 0.487 e. The van der Waals surface area contributed by atoms with Crippen molar-refractivity contribution in [3.63, 3.8) is 0 Å². The summed E-state index contributed by atoms with van der Waals surface area (Å²) < 4.78 is 12.9. The third kappa shape index (κ3) is 3.12. The number of hydrogen-bond donors (Lipinski definition) is 0. The van der Waals surface area contributed by atoms with Crippen LogP contribution >= 0.6 is 0 Å². The van der Waals surface area contributed by atoms with Gasteiger partial charge in [0, 0.05) is 18.6 Å². The number of fused-ring (bicyclic) bond motifs is 3. The minimum atomic E-state index is -0.173. The Labute approximate surface area is 171 Å². The Morgan fingerprint density at radius 1 is 1.14 bits per heavy atom. The maximum atomic E-state index is 6.78. The van der Waals surface area contributed by atoms with Crippen LogP contribution in [-0.4, -0.2) is 12.7 Å². The van der Waals surface area contributed by atoms with Crippen molar-refractivity contribution in [2.24, 2.45) is 23.2 Å². The standard InChI is InChI=1S/C26H38O2/c1-16(2)18-9-11-23-19(14-18)24(27-7)22-10-8-17(3)20-15-25(4,5)21(20)12-13-26(22,6)28-23/h9,11,14,16,20-22,24H,3,8,10,12-13,15H2,1-2,4-7H3/t20-,21-,22+,24-,26-/m1/s1. The van der Waals surface area contributed by atoms with Crippen molar-refractivity contribution in [1.29, 1.82) is 0 Å². The second-order valence-corrected chi connectivity index (χ2v) is 10.8. The Morgan fingerprint density at radius 2 is 1.89 bits per heavy atom. The molecule has 2 nitrogen and oxygen atoms in total. The molecular formula is C26H38O2. The first-order valence-corrected chi connectivity index (χ1v) is 11.2. The summed E-state index contributed by atoms with van der Waals surface area (Å²) in [4.78, 5) is 0. The molecule has 0 unspecified atom stereocenters. The molecule has 2 fully saturated rings. The molecule has 0 aromatic heterocycles. The molecule has 0 amide bonds. The SMILES string of the molecule is C=C1CC[C@H]2[C@H](OC)c3cc(C(C)C)ccc3O[C@]2(C)CC[C@@H]2[C@@H]1CC2(C)C. The second-order valence-electron chi connectivity index (χ2n) is 10.8. The molecule has 28 heavy (non-hydrogen) atoms. The van der Waals surface area contributed by atoms with E-state index < -0.39 is 0 Å². The number of allylic oxidation sites excluding steroid dienone is 1. The summed E-state index contributed by atoms with van der Waals surface area (Å²) >= 11 is 0. The van der Waals surface area contributed by atoms with Crippen LogP contribution in [0.1, 0.15) is 89.9 Å². The van der Waals surface area contributed by atoms with Crippen LogP contribution in [0.2, 0.25) is 0 Å². The maximum Gasteiger partial charge on any atom is 0.125 e. The predicted octanol–water partition coefficient (Wildman–Crippen LogP) is 7.06. The zero-order valence-corrected chi connectivity index (χ0v) is 18.7. The molecule has 1 aliphatic heterocycles. The van der Waals surface area contributed by atoms with E-state index in [1.807, 2.05) is 7.11 Å². The van der Waals surface area contributed by atoms with Gasteiger partial charge in [-0.05, 0) is 79.9 Å². The van der Waals surface area contributed by atoms with Crippen molar-refractivity contribution in [1.82, 2.24) is 0 Å². The van der Waals surface area contributed by atoms with Gasteiger partial charge in [0.15, 0.2) is 0 Å². The van der Waals surface area contributed by atoms with Gasteiger partial charge in [0.2, 0.25) is 0 Å². The monoisotopic (exact) mass is 382 g/mol. The molecule has 5 atom stereocenters. The van der Waals surface area contributed by atoms with Gasteiger partial charge in [0.1, 0.15) is 11.4 Å². The Hall–Kier alpha value is -1.28. The first-order chi connectivity index (χ1) is 13.2. The topological polar surface area (TPSA) is 18.5 Å². The van der Waals surface area contributed by atoms with Gasteiger partial charge in [-0.3, -0.25) is 0 Å². The van der Waals surface area contributed by atoms with E-state index in [1.54, 1.807) is 0 Å². The normalized spacial score (nSPS) is 36.8. The highest BCUT2D eigenvalue weighted by atomic mass is 16.5. The van der Waals surface area contributed by atoms with E-state index in [0.29, 0.717) is 23.2 Å². The molecule has 2 aliphatic carbocycles. The fourth-order valence-corrected chi connectivity index (χ4v) is 6.32. The third-order valence-corrected chi connectivity index (χ3v) is 8.24. The molecule has 0 spiro atoms. The van der Waals surface area contributed by atoms with E-state index in [9.17, 15) is 0 Å². The first-order valence-electron chi connectivity index (χ1n) is 11.2. The van der Waals surface area contributed by atoms with E-state index in [2.05, 4.69) is 59.4 Å². The van der Waals surface area contributed by atoms with Crippen LogP contribution in [0.5, 0.6) is 5.75 Å². The number of rotatable bonds is 2. The Balaban J connectivity index is 1.71. The van der Waals surface area contributed by atoms with Gasteiger partial charge in [-0.2, -0.15) is 0 Å². The molecular weight excluding hydrogens is 344 g/mol. The quantitative estimate of drug-likeness (QED) is 0.510. The number of benzene rings is 1. The van der Waals surface area contributed by atoms with E-state index >= 15 is 0 Å². The van der Waals surface area contributed by atoms with E-state index in [0.717, 1.165) is 30.9 Å². The van der Waals surface area contributed by atoms with Crippen molar-refractivity contribution < 1.29 is 9.47 Å². The van der Waals surface area contributed by atoms with Crippen molar-refractivity contribution in [2.75, 3.05) is 7.11 Å². The molecule has 0 radical (unpaired) electrons. The van der Waals surface area contributed by atoms with Crippen LogP contribution in [0.25, 0.3) is 0 Å². The van der Waals surface area contributed by atoms with Crippen LogP contribution in [0.3, 0.4) is 0 Å². The first kappa shape index (κ1) is 20.0. The minimum absolute atomic E-state index is 0.101. The highest BCUT2D eigenvalue weighted by molar-refractivity contribution is 5.43. The zero-order chi connectivity index (χ0) is 20.3. The number of ether oxygens (including phenoxy) is 2. The third-order valence-electron chi connectivity index (χ3n) is 8.24. The molecule has 0 N–H and O–H groups in total. The van der Waals surface area contributed by atoms with Crippen LogP contribution in [0.15, 0.2) is 30.4 Å². The lowest BCUT2D eigenvalue weighted by Gasteiger charge is -2.53.